The average molecular weight is 355 g/mol. The van der Waals surface area contributed by atoms with Gasteiger partial charge >= 0.3 is 0 Å². The topological polar surface area (TPSA) is 67.7 Å². The van der Waals surface area contributed by atoms with Gasteiger partial charge in [-0.1, -0.05) is 0 Å². The molecule has 0 unspecified atom stereocenters. The molecule has 6 heteroatoms. The SMILES string of the molecule is Cc1cnc(C)c(-c2cc(O)c3c(c2)CN(C2CCOCC2)CCO3)n1. The molecule has 1 fully saturated rings. The number of fused-ring (bicyclic) bond motifs is 1. The fourth-order valence-corrected chi connectivity index (χ4v) is 3.83. The Bertz CT molecular complexity index is 803. The smallest absolute Gasteiger partial charge is 0.165 e. The molecule has 0 atom stereocenters. The summed E-state index contributed by atoms with van der Waals surface area (Å²) in [6, 6.07) is 4.33. The van der Waals surface area contributed by atoms with E-state index in [9.17, 15) is 5.11 Å². The Hall–Kier alpha value is -2.18. The first kappa shape index (κ1) is 17.2. The highest BCUT2D eigenvalue weighted by Gasteiger charge is 2.26. The molecule has 0 bridgehead atoms. The number of aryl methyl sites for hydroxylation is 2. The van der Waals surface area contributed by atoms with Crippen molar-refractivity contribution in [1.82, 2.24) is 14.9 Å². The molecule has 1 aromatic heterocycles. The molecule has 4 rings (SSSR count). The van der Waals surface area contributed by atoms with Gasteiger partial charge in [0.05, 0.1) is 17.1 Å². The van der Waals surface area contributed by atoms with Crippen LogP contribution in [-0.4, -0.2) is 52.4 Å². The first-order valence-electron chi connectivity index (χ1n) is 9.23. The second-order valence-corrected chi connectivity index (χ2v) is 7.09. The van der Waals surface area contributed by atoms with Crippen molar-refractivity contribution in [2.45, 2.75) is 39.3 Å². The number of hydrogen-bond donors (Lipinski definition) is 1. The standard InChI is InChI=1S/C20H25N3O3/c1-13-11-21-14(2)19(22-13)15-9-16-12-23(17-3-6-25-7-4-17)5-8-26-20(16)18(24)10-15/h9-11,17,24H,3-8,12H2,1-2H3. The molecule has 0 saturated carbocycles. The minimum absolute atomic E-state index is 0.175. The molecule has 138 valence electrons. The number of aromatic hydroxyl groups is 1. The highest BCUT2D eigenvalue weighted by atomic mass is 16.5. The summed E-state index contributed by atoms with van der Waals surface area (Å²) in [5.41, 5.74) is 4.41. The lowest BCUT2D eigenvalue weighted by molar-refractivity contribution is 0.0294. The summed E-state index contributed by atoms with van der Waals surface area (Å²) in [5.74, 6) is 0.774. The maximum absolute atomic E-state index is 10.6. The molecule has 3 heterocycles. The van der Waals surface area contributed by atoms with Crippen LogP contribution < -0.4 is 4.74 Å². The van der Waals surface area contributed by atoms with Crippen LogP contribution in [-0.2, 0) is 11.3 Å². The summed E-state index contributed by atoms with van der Waals surface area (Å²) < 4.78 is 11.4. The summed E-state index contributed by atoms with van der Waals surface area (Å²) in [6.07, 6.45) is 3.85. The van der Waals surface area contributed by atoms with Gasteiger partial charge in [0.15, 0.2) is 11.5 Å². The van der Waals surface area contributed by atoms with Gasteiger partial charge in [0.2, 0.25) is 0 Å². The molecule has 1 aromatic carbocycles. The Labute approximate surface area is 153 Å². The first-order valence-corrected chi connectivity index (χ1v) is 9.23. The van der Waals surface area contributed by atoms with Crippen molar-refractivity contribution in [2.75, 3.05) is 26.4 Å². The summed E-state index contributed by atoms with van der Waals surface area (Å²) in [7, 11) is 0. The summed E-state index contributed by atoms with van der Waals surface area (Å²) in [4.78, 5) is 11.5. The summed E-state index contributed by atoms with van der Waals surface area (Å²) >= 11 is 0. The van der Waals surface area contributed by atoms with Crippen LogP contribution in [0.15, 0.2) is 18.3 Å². The van der Waals surface area contributed by atoms with Gasteiger partial charge in [0, 0.05) is 49.7 Å². The number of phenolic OH excluding ortho intramolecular Hbond substituents is 1. The van der Waals surface area contributed by atoms with Crippen molar-refractivity contribution in [1.29, 1.82) is 0 Å². The van der Waals surface area contributed by atoms with E-state index in [2.05, 4.69) is 20.9 Å². The van der Waals surface area contributed by atoms with Crippen molar-refractivity contribution in [3.8, 4) is 22.8 Å². The van der Waals surface area contributed by atoms with Crippen molar-refractivity contribution >= 4 is 0 Å². The van der Waals surface area contributed by atoms with Crippen molar-refractivity contribution in [3.05, 3.63) is 35.3 Å². The molecular formula is C20H25N3O3. The number of hydrogen-bond acceptors (Lipinski definition) is 6. The monoisotopic (exact) mass is 355 g/mol. The van der Waals surface area contributed by atoms with Crippen molar-refractivity contribution in [3.63, 3.8) is 0 Å². The number of phenols is 1. The second-order valence-electron chi connectivity index (χ2n) is 7.09. The number of ether oxygens (including phenoxy) is 2. The molecule has 2 aliphatic heterocycles. The Balaban J connectivity index is 1.70. The van der Waals surface area contributed by atoms with Crippen LogP contribution >= 0.6 is 0 Å². The van der Waals surface area contributed by atoms with Crippen molar-refractivity contribution in [2.24, 2.45) is 0 Å². The Morgan fingerprint density at radius 2 is 1.96 bits per heavy atom. The minimum atomic E-state index is 0.175. The fraction of sp³-hybridized carbons (Fsp3) is 0.500. The molecule has 26 heavy (non-hydrogen) atoms. The van der Waals surface area contributed by atoms with Crippen LogP contribution in [0.3, 0.4) is 0 Å². The maximum atomic E-state index is 10.6. The molecule has 1 saturated heterocycles. The number of rotatable bonds is 2. The summed E-state index contributed by atoms with van der Waals surface area (Å²) in [6.45, 7) is 7.71. The van der Waals surface area contributed by atoms with E-state index in [1.165, 1.54) is 0 Å². The molecule has 0 amide bonds. The van der Waals surface area contributed by atoms with E-state index < -0.39 is 0 Å². The van der Waals surface area contributed by atoms with E-state index in [0.717, 1.165) is 67.4 Å². The molecular weight excluding hydrogens is 330 g/mol. The zero-order valence-electron chi connectivity index (χ0n) is 15.4. The van der Waals surface area contributed by atoms with E-state index in [-0.39, 0.29) is 5.75 Å². The maximum Gasteiger partial charge on any atom is 0.165 e. The zero-order chi connectivity index (χ0) is 18.1. The third-order valence-corrected chi connectivity index (χ3v) is 5.20. The van der Waals surface area contributed by atoms with Crippen molar-refractivity contribution < 1.29 is 14.6 Å². The lowest BCUT2D eigenvalue weighted by atomic mass is 10.0. The predicted molar refractivity (Wildman–Crippen MR) is 98.4 cm³/mol. The number of benzene rings is 1. The fourth-order valence-electron chi connectivity index (χ4n) is 3.83. The quantitative estimate of drug-likeness (QED) is 0.893. The van der Waals surface area contributed by atoms with Gasteiger partial charge < -0.3 is 14.6 Å². The predicted octanol–water partition coefficient (Wildman–Crippen LogP) is 2.84. The van der Waals surface area contributed by atoms with Gasteiger partial charge in [-0.25, -0.2) is 4.98 Å². The van der Waals surface area contributed by atoms with Crippen LogP contribution in [0.2, 0.25) is 0 Å². The lowest BCUT2D eigenvalue weighted by Crippen LogP contribution is -2.40. The van der Waals surface area contributed by atoms with Gasteiger partial charge in [-0.15, -0.1) is 0 Å². The first-order chi connectivity index (χ1) is 12.6. The highest BCUT2D eigenvalue weighted by Crippen LogP contribution is 2.38. The van der Waals surface area contributed by atoms with Crippen LogP contribution in [0, 0.1) is 13.8 Å². The van der Waals surface area contributed by atoms with Crippen LogP contribution in [0.5, 0.6) is 11.5 Å². The third kappa shape index (κ3) is 3.39. The van der Waals surface area contributed by atoms with Gasteiger partial charge in [0.25, 0.3) is 0 Å². The lowest BCUT2D eigenvalue weighted by Gasteiger charge is -2.32. The molecule has 0 radical (unpaired) electrons. The molecule has 2 aliphatic rings. The number of nitrogens with zero attached hydrogens (tertiary/aromatic N) is 3. The van der Waals surface area contributed by atoms with Gasteiger partial charge in [-0.05, 0) is 38.8 Å². The normalized spacial score (nSPS) is 18.8. The zero-order valence-corrected chi connectivity index (χ0v) is 15.4. The highest BCUT2D eigenvalue weighted by molar-refractivity contribution is 5.67. The average Bonchev–Trinajstić information content (AvgIpc) is 2.87. The Morgan fingerprint density at radius 1 is 1.15 bits per heavy atom. The Kier molecular flexibility index (Phi) is 4.78. The van der Waals surface area contributed by atoms with E-state index in [1.807, 2.05) is 13.8 Å². The van der Waals surface area contributed by atoms with Gasteiger partial charge in [0.1, 0.15) is 6.61 Å². The van der Waals surface area contributed by atoms with Gasteiger partial charge in [-0.3, -0.25) is 9.88 Å². The van der Waals surface area contributed by atoms with E-state index in [4.69, 9.17) is 9.47 Å². The summed E-state index contributed by atoms with van der Waals surface area (Å²) in [5, 5.41) is 10.6. The van der Waals surface area contributed by atoms with Crippen LogP contribution in [0.1, 0.15) is 29.8 Å². The minimum Gasteiger partial charge on any atom is -0.504 e. The van der Waals surface area contributed by atoms with Crippen LogP contribution in [0.4, 0.5) is 0 Å². The Morgan fingerprint density at radius 3 is 2.77 bits per heavy atom. The second kappa shape index (κ2) is 7.21. The van der Waals surface area contributed by atoms with E-state index >= 15 is 0 Å². The molecule has 6 nitrogen and oxygen atoms in total. The van der Waals surface area contributed by atoms with E-state index in [1.54, 1.807) is 12.3 Å². The van der Waals surface area contributed by atoms with Crippen LogP contribution in [0.25, 0.3) is 11.3 Å². The molecule has 1 N–H and O–H groups in total. The third-order valence-electron chi connectivity index (χ3n) is 5.20. The molecule has 0 spiro atoms. The molecule has 2 aromatic rings. The number of aromatic nitrogens is 2. The van der Waals surface area contributed by atoms with E-state index in [0.29, 0.717) is 18.4 Å². The molecule has 0 aliphatic carbocycles. The largest absolute Gasteiger partial charge is 0.504 e. The van der Waals surface area contributed by atoms with Gasteiger partial charge in [-0.2, -0.15) is 0 Å².